The van der Waals surface area contributed by atoms with Crippen molar-refractivity contribution in [3.05, 3.63) is 85.6 Å². The van der Waals surface area contributed by atoms with Gasteiger partial charge in [-0.05, 0) is 36.2 Å². The zero-order valence-electron chi connectivity index (χ0n) is 17.4. The lowest BCUT2D eigenvalue weighted by Crippen LogP contribution is -2.23. The molecule has 3 heterocycles. The standard InChI is InChI=1S/C23H20ClN5OS2/c1-2-11-28-21(30)18-5-3-4-6-19(18)29-22(28)26-27-23(29)32-14-17-13-31-20(25-17)12-15-7-9-16(24)10-8-15/h3-10,13H,2,11-12,14H2,1H3. The van der Waals surface area contributed by atoms with Gasteiger partial charge in [0, 0.05) is 29.1 Å². The molecule has 0 spiro atoms. The molecule has 0 unspecified atom stereocenters. The summed E-state index contributed by atoms with van der Waals surface area (Å²) in [5.74, 6) is 1.26. The molecule has 6 nitrogen and oxygen atoms in total. The first-order valence-corrected chi connectivity index (χ1v) is 12.6. The molecule has 5 aromatic rings. The monoisotopic (exact) mass is 481 g/mol. The van der Waals surface area contributed by atoms with Gasteiger partial charge in [0.1, 0.15) is 0 Å². The molecule has 0 N–H and O–H groups in total. The average Bonchev–Trinajstić information content (AvgIpc) is 3.44. The van der Waals surface area contributed by atoms with Crippen LogP contribution in [0, 0.1) is 0 Å². The number of fused-ring (bicyclic) bond motifs is 3. The van der Waals surface area contributed by atoms with Crippen LogP contribution in [0.25, 0.3) is 16.7 Å². The van der Waals surface area contributed by atoms with Crippen LogP contribution in [0.3, 0.4) is 0 Å². The van der Waals surface area contributed by atoms with Crippen molar-refractivity contribution in [3.8, 4) is 0 Å². The highest BCUT2D eigenvalue weighted by Gasteiger charge is 2.16. The Hall–Kier alpha value is -2.68. The van der Waals surface area contributed by atoms with Crippen LogP contribution in [0.4, 0.5) is 0 Å². The molecule has 0 saturated carbocycles. The second kappa shape index (κ2) is 9.05. The highest BCUT2D eigenvalue weighted by Crippen LogP contribution is 2.26. The van der Waals surface area contributed by atoms with Gasteiger partial charge in [-0.2, -0.15) is 0 Å². The molecule has 0 amide bonds. The van der Waals surface area contributed by atoms with Gasteiger partial charge in [0.15, 0.2) is 5.16 Å². The highest BCUT2D eigenvalue weighted by atomic mass is 35.5. The van der Waals surface area contributed by atoms with Crippen LogP contribution in [0.2, 0.25) is 5.02 Å². The zero-order chi connectivity index (χ0) is 22.1. The van der Waals surface area contributed by atoms with Gasteiger partial charge in [0.2, 0.25) is 5.78 Å². The Morgan fingerprint density at radius 1 is 1.09 bits per heavy atom. The lowest BCUT2D eigenvalue weighted by atomic mass is 10.2. The minimum absolute atomic E-state index is 0.0229. The Morgan fingerprint density at radius 2 is 1.91 bits per heavy atom. The number of nitrogens with zero attached hydrogens (tertiary/aromatic N) is 5. The number of hydrogen-bond donors (Lipinski definition) is 0. The number of rotatable bonds is 7. The first-order chi connectivity index (χ1) is 15.6. The van der Waals surface area contributed by atoms with Gasteiger partial charge in [-0.3, -0.25) is 13.8 Å². The highest BCUT2D eigenvalue weighted by molar-refractivity contribution is 7.98. The molecule has 0 aliphatic rings. The summed E-state index contributed by atoms with van der Waals surface area (Å²) in [6.45, 7) is 2.66. The second-order valence-electron chi connectivity index (χ2n) is 7.42. The average molecular weight is 482 g/mol. The molecular weight excluding hydrogens is 462 g/mol. The van der Waals surface area contributed by atoms with Crippen LogP contribution >= 0.6 is 34.7 Å². The molecule has 9 heteroatoms. The van der Waals surface area contributed by atoms with Gasteiger partial charge in [0.25, 0.3) is 5.56 Å². The summed E-state index contributed by atoms with van der Waals surface area (Å²) in [7, 11) is 0. The molecule has 0 aliphatic heterocycles. The molecule has 2 aromatic carbocycles. The number of benzene rings is 2. The van der Waals surface area contributed by atoms with Crippen molar-refractivity contribution in [2.24, 2.45) is 0 Å². The summed E-state index contributed by atoms with van der Waals surface area (Å²) >= 11 is 9.21. The van der Waals surface area contributed by atoms with E-state index in [1.54, 1.807) is 27.7 Å². The van der Waals surface area contributed by atoms with E-state index in [1.165, 1.54) is 5.56 Å². The minimum atomic E-state index is -0.0229. The van der Waals surface area contributed by atoms with E-state index in [2.05, 4.69) is 15.6 Å². The van der Waals surface area contributed by atoms with Crippen molar-refractivity contribution < 1.29 is 0 Å². The molecule has 3 aromatic heterocycles. The molecule has 0 saturated heterocycles. The predicted molar refractivity (Wildman–Crippen MR) is 131 cm³/mol. The summed E-state index contributed by atoms with van der Waals surface area (Å²) in [6, 6.07) is 15.5. The van der Waals surface area contributed by atoms with Gasteiger partial charge < -0.3 is 0 Å². The van der Waals surface area contributed by atoms with Crippen LogP contribution < -0.4 is 5.56 Å². The van der Waals surface area contributed by atoms with E-state index in [-0.39, 0.29) is 5.56 Å². The fourth-order valence-corrected chi connectivity index (χ4v) is 5.56. The molecule has 0 aliphatic carbocycles. The molecule has 5 rings (SSSR count). The van der Waals surface area contributed by atoms with E-state index in [0.717, 1.165) is 39.2 Å². The van der Waals surface area contributed by atoms with Crippen LogP contribution in [0.1, 0.15) is 29.6 Å². The van der Waals surface area contributed by atoms with Crippen molar-refractivity contribution in [3.63, 3.8) is 0 Å². The molecule has 0 radical (unpaired) electrons. The first kappa shape index (κ1) is 21.2. The topological polar surface area (TPSA) is 65.1 Å². The van der Waals surface area contributed by atoms with Gasteiger partial charge in [0.05, 0.1) is 21.6 Å². The van der Waals surface area contributed by atoms with Crippen LogP contribution in [-0.2, 0) is 18.7 Å². The minimum Gasteiger partial charge on any atom is -0.276 e. The fraction of sp³-hybridized carbons (Fsp3) is 0.217. The van der Waals surface area contributed by atoms with E-state index in [1.807, 2.05) is 59.9 Å². The molecule has 0 bridgehead atoms. The van der Waals surface area contributed by atoms with E-state index >= 15 is 0 Å². The van der Waals surface area contributed by atoms with Crippen LogP contribution in [-0.4, -0.2) is 24.1 Å². The smallest absolute Gasteiger partial charge is 0.262 e. The van der Waals surface area contributed by atoms with Gasteiger partial charge >= 0.3 is 0 Å². The van der Waals surface area contributed by atoms with Crippen molar-refractivity contribution >= 4 is 51.4 Å². The summed E-state index contributed by atoms with van der Waals surface area (Å²) in [5, 5.41) is 14.1. The summed E-state index contributed by atoms with van der Waals surface area (Å²) in [4.78, 5) is 17.7. The van der Waals surface area contributed by atoms with Gasteiger partial charge in [-0.1, -0.05) is 54.6 Å². The maximum Gasteiger partial charge on any atom is 0.262 e. The van der Waals surface area contributed by atoms with E-state index in [4.69, 9.17) is 16.6 Å². The van der Waals surface area contributed by atoms with E-state index in [0.29, 0.717) is 23.5 Å². The predicted octanol–water partition coefficient (Wildman–Crippen LogP) is 5.45. The van der Waals surface area contributed by atoms with Crippen LogP contribution in [0.15, 0.2) is 63.9 Å². The van der Waals surface area contributed by atoms with Crippen molar-refractivity contribution in [2.75, 3.05) is 0 Å². The Kier molecular flexibility index (Phi) is 5.99. The molecule has 32 heavy (non-hydrogen) atoms. The largest absolute Gasteiger partial charge is 0.276 e. The lowest BCUT2D eigenvalue weighted by molar-refractivity contribution is 0.662. The Balaban J connectivity index is 1.42. The molecule has 0 fully saturated rings. The number of aromatic nitrogens is 5. The number of thiazole rings is 1. The van der Waals surface area contributed by atoms with Crippen LogP contribution in [0.5, 0.6) is 0 Å². The maximum absolute atomic E-state index is 13.0. The van der Waals surface area contributed by atoms with Gasteiger partial charge in [-0.15, -0.1) is 21.5 Å². The van der Waals surface area contributed by atoms with E-state index < -0.39 is 0 Å². The van der Waals surface area contributed by atoms with Crippen molar-refractivity contribution in [1.29, 1.82) is 0 Å². The third-order valence-corrected chi connectivity index (χ3v) is 7.25. The summed E-state index contributed by atoms with van der Waals surface area (Å²) < 4.78 is 3.70. The zero-order valence-corrected chi connectivity index (χ0v) is 19.8. The Morgan fingerprint density at radius 3 is 2.72 bits per heavy atom. The third kappa shape index (κ3) is 4.05. The third-order valence-electron chi connectivity index (χ3n) is 5.14. The maximum atomic E-state index is 13.0. The second-order valence-corrected chi connectivity index (χ2v) is 9.74. The van der Waals surface area contributed by atoms with Gasteiger partial charge in [-0.25, -0.2) is 4.98 Å². The fourth-order valence-electron chi connectivity index (χ4n) is 3.66. The number of hydrogen-bond acceptors (Lipinski definition) is 6. The van der Waals surface area contributed by atoms with Crippen molar-refractivity contribution in [2.45, 2.75) is 37.2 Å². The summed E-state index contributed by atoms with van der Waals surface area (Å²) in [5.41, 5.74) is 3.00. The number of thioether (sulfide) groups is 1. The molecular formula is C23H20ClN5OS2. The Labute approximate surface area is 197 Å². The number of aryl methyl sites for hydroxylation is 1. The summed E-state index contributed by atoms with van der Waals surface area (Å²) in [6.07, 6.45) is 1.63. The van der Waals surface area contributed by atoms with Crippen molar-refractivity contribution in [1.82, 2.24) is 24.1 Å². The SMILES string of the molecule is CCCn1c(=O)c2ccccc2n2c(SCc3csc(Cc4ccc(Cl)cc4)n3)nnc12. The first-order valence-electron chi connectivity index (χ1n) is 10.3. The number of para-hydroxylation sites is 1. The number of halogens is 1. The molecule has 162 valence electrons. The van der Waals surface area contributed by atoms with E-state index in [9.17, 15) is 4.79 Å². The lowest BCUT2D eigenvalue weighted by Gasteiger charge is -2.10. The quantitative estimate of drug-likeness (QED) is 0.289. The Bertz CT molecular complexity index is 1460. The molecule has 0 atom stereocenters. The normalized spacial score (nSPS) is 11.6.